The molecule has 33 heavy (non-hydrogen) atoms. The second-order valence-electron chi connectivity index (χ2n) is 7.85. The molecule has 1 aliphatic carbocycles. The number of hydrogen-bond acceptors (Lipinski definition) is 6. The van der Waals surface area contributed by atoms with Crippen molar-refractivity contribution in [1.29, 1.82) is 0 Å². The minimum absolute atomic E-state index is 0.00186. The van der Waals surface area contributed by atoms with Gasteiger partial charge >= 0.3 is 5.51 Å². The van der Waals surface area contributed by atoms with Gasteiger partial charge in [0.1, 0.15) is 11.5 Å². The van der Waals surface area contributed by atoms with Gasteiger partial charge in [-0.05, 0) is 53.8 Å². The average Bonchev–Trinajstić information content (AvgIpc) is 3.51. The molecule has 1 amide bonds. The van der Waals surface area contributed by atoms with E-state index in [1.165, 1.54) is 18.5 Å². The lowest BCUT2D eigenvalue weighted by Crippen LogP contribution is -2.35. The summed E-state index contributed by atoms with van der Waals surface area (Å²) < 4.78 is 52.3. The van der Waals surface area contributed by atoms with Crippen LogP contribution in [0, 0.1) is 11.2 Å². The van der Waals surface area contributed by atoms with Crippen molar-refractivity contribution in [2.75, 3.05) is 0 Å². The van der Waals surface area contributed by atoms with E-state index >= 15 is 0 Å². The number of carbonyl (C=O) groups excluding carboxylic acids is 1. The van der Waals surface area contributed by atoms with Crippen molar-refractivity contribution >= 4 is 17.7 Å². The van der Waals surface area contributed by atoms with Crippen LogP contribution >= 0.6 is 11.8 Å². The summed E-state index contributed by atoms with van der Waals surface area (Å²) in [6, 6.07) is 5.30. The van der Waals surface area contributed by atoms with E-state index in [-0.39, 0.29) is 17.3 Å². The molecule has 2 N–H and O–H groups in total. The highest BCUT2D eigenvalue weighted by Gasteiger charge is 2.46. The number of alkyl halides is 3. The van der Waals surface area contributed by atoms with E-state index in [0.29, 0.717) is 5.56 Å². The van der Waals surface area contributed by atoms with Gasteiger partial charge in [-0.1, -0.05) is 13.0 Å². The van der Waals surface area contributed by atoms with Crippen molar-refractivity contribution in [1.82, 2.24) is 25.3 Å². The van der Waals surface area contributed by atoms with Gasteiger partial charge in [-0.2, -0.15) is 13.2 Å². The Kier molecular flexibility index (Phi) is 5.95. The highest BCUT2D eigenvalue weighted by atomic mass is 32.2. The van der Waals surface area contributed by atoms with Crippen LogP contribution in [0.4, 0.5) is 17.6 Å². The molecule has 0 spiro atoms. The van der Waals surface area contributed by atoms with Crippen molar-refractivity contribution in [3.05, 3.63) is 70.2 Å². The average molecular weight is 479 g/mol. The van der Waals surface area contributed by atoms with E-state index in [2.05, 4.69) is 25.3 Å². The van der Waals surface area contributed by atoms with Gasteiger partial charge in [0.05, 0.1) is 10.9 Å². The Hall–Kier alpha value is -3.28. The Morgan fingerprint density at radius 2 is 1.91 bits per heavy atom. The maximum atomic E-state index is 14.4. The number of aromatic amines is 1. The first-order valence-corrected chi connectivity index (χ1v) is 10.6. The molecule has 1 atom stereocenters. The van der Waals surface area contributed by atoms with Crippen molar-refractivity contribution in [3.8, 4) is 11.6 Å². The topological polar surface area (TPSA) is 101 Å². The number of amides is 1. The van der Waals surface area contributed by atoms with E-state index in [1.807, 2.05) is 6.92 Å². The predicted molar refractivity (Wildman–Crippen MR) is 112 cm³/mol. The molecule has 7 nitrogen and oxygen atoms in total. The van der Waals surface area contributed by atoms with Crippen molar-refractivity contribution in [2.24, 2.45) is 5.41 Å². The number of carbonyl (C=O) groups is 1. The maximum absolute atomic E-state index is 14.4. The van der Waals surface area contributed by atoms with Crippen LogP contribution in [0.25, 0.3) is 11.6 Å². The molecule has 12 heteroatoms. The van der Waals surface area contributed by atoms with Crippen LogP contribution in [0.15, 0.2) is 52.4 Å². The zero-order chi connectivity index (χ0) is 23.8. The summed E-state index contributed by atoms with van der Waals surface area (Å²) in [5.41, 5.74) is -5.49. The zero-order valence-corrected chi connectivity index (χ0v) is 17.9. The normalized spacial score (nSPS) is 15.7. The predicted octanol–water partition coefficient (Wildman–Crippen LogP) is 4.25. The number of nitrogens with zero attached hydrogens (tertiary/aromatic N) is 3. The summed E-state index contributed by atoms with van der Waals surface area (Å²) >= 11 is -0.540. The van der Waals surface area contributed by atoms with Crippen LogP contribution in [0.2, 0.25) is 0 Å². The van der Waals surface area contributed by atoms with Gasteiger partial charge in [-0.25, -0.2) is 19.3 Å². The largest absolute Gasteiger partial charge is 0.446 e. The second-order valence-corrected chi connectivity index (χ2v) is 8.96. The molecule has 4 rings (SSSR count). The fourth-order valence-corrected chi connectivity index (χ4v) is 3.90. The van der Waals surface area contributed by atoms with Gasteiger partial charge < -0.3 is 10.3 Å². The molecule has 2 heterocycles. The zero-order valence-electron chi connectivity index (χ0n) is 17.1. The van der Waals surface area contributed by atoms with Crippen molar-refractivity contribution < 1.29 is 22.4 Å². The highest BCUT2D eigenvalue weighted by Crippen LogP contribution is 2.54. The summed E-state index contributed by atoms with van der Waals surface area (Å²) in [5, 5.41) is 2.76. The standard InChI is InChI=1S/C21H17F4N5O2S/c1-20(5-6-20)16(11-3-4-14(12(22)9-11)33-21(23,24)25)30-19(32)13-10-15(31)29-18(28-13)17-26-7-2-8-27-17/h2-4,7-10,16H,5-6H2,1H3,(H,30,32)(H,28,29,31). The summed E-state index contributed by atoms with van der Waals surface area (Å²) in [6.45, 7) is 1.88. The smallest absolute Gasteiger partial charge is 0.343 e. The molecule has 2 aromatic heterocycles. The first-order chi connectivity index (χ1) is 15.5. The molecule has 1 aliphatic rings. The Labute approximate surface area is 189 Å². The Morgan fingerprint density at radius 1 is 1.21 bits per heavy atom. The van der Waals surface area contributed by atoms with Gasteiger partial charge in [-0.3, -0.25) is 9.59 Å². The lowest BCUT2D eigenvalue weighted by molar-refractivity contribution is -0.0329. The number of halogens is 4. The molecule has 0 bridgehead atoms. The minimum atomic E-state index is -4.62. The highest BCUT2D eigenvalue weighted by molar-refractivity contribution is 8.00. The number of thioether (sulfide) groups is 1. The molecular formula is C21H17F4N5O2S. The quantitative estimate of drug-likeness (QED) is 0.405. The summed E-state index contributed by atoms with van der Waals surface area (Å²) in [5.74, 6) is -1.60. The van der Waals surface area contributed by atoms with E-state index in [9.17, 15) is 27.2 Å². The Morgan fingerprint density at radius 3 is 2.52 bits per heavy atom. The van der Waals surface area contributed by atoms with E-state index in [1.54, 1.807) is 6.07 Å². The van der Waals surface area contributed by atoms with Crippen LogP contribution in [0.1, 0.15) is 41.9 Å². The fourth-order valence-electron chi connectivity index (χ4n) is 3.36. The third-order valence-corrected chi connectivity index (χ3v) is 6.06. The monoisotopic (exact) mass is 479 g/mol. The van der Waals surface area contributed by atoms with Gasteiger partial charge in [-0.15, -0.1) is 0 Å². The van der Waals surface area contributed by atoms with Gasteiger partial charge in [0.2, 0.25) is 0 Å². The van der Waals surface area contributed by atoms with Crippen LogP contribution in [0.5, 0.6) is 0 Å². The third kappa shape index (κ3) is 5.38. The van der Waals surface area contributed by atoms with E-state index in [4.69, 9.17) is 0 Å². The molecule has 172 valence electrons. The minimum Gasteiger partial charge on any atom is -0.343 e. The number of aromatic nitrogens is 4. The van der Waals surface area contributed by atoms with Gasteiger partial charge in [0.15, 0.2) is 11.6 Å². The number of benzene rings is 1. The van der Waals surface area contributed by atoms with Gasteiger partial charge in [0, 0.05) is 18.5 Å². The number of hydrogen-bond donors (Lipinski definition) is 2. The van der Waals surface area contributed by atoms with Crippen molar-refractivity contribution in [2.45, 2.75) is 36.2 Å². The number of H-pyrrole nitrogens is 1. The van der Waals surface area contributed by atoms with Gasteiger partial charge in [0.25, 0.3) is 11.5 Å². The van der Waals surface area contributed by atoms with E-state index in [0.717, 1.165) is 31.0 Å². The second kappa shape index (κ2) is 8.58. The Bertz CT molecular complexity index is 1250. The lowest BCUT2D eigenvalue weighted by atomic mass is 9.91. The molecule has 1 aromatic carbocycles. The summed E-state index contributed by atoms with van der Waals surface area (Å²) in [6.07, 6.45) is 4.36. The molecule has 1 unspecified atom stereocenters. The summed E-state index contributed by atoms with van der Waals surface area (Å²) in [7, 11) is 0. The molecule has 1 saturated carbocycles. The molecule has 0 aliphatic heterocycles. The molecule has 3 aromatic rings. The van der Waals surface area contributed by atoms with E-state index < -0.39 is 50.9 Å². The third-order valence-electron chi connectivity index (χ3n) is 5.28. The van der Waals surface area contributed by atoms with Crippen LogP contribution < -0.4 is 10.9 Å². The molecule has 1 fully saturated rings. The fraction of sp³-hybridized carbons (Fsp3) is 0.286. The molecule has 0 saturated heterocycles. The molecule has 0 radical (unpaired) electrons. The maximum Gasteiger partial charge on any atom is 0.446 e. The number of nitrogens with one attached hydrogen (secondary N) is 2. The lowest BCUT2D eigenvalue weighted by Gasteiger charge is -2.26. The SMILES string of the molecule is CC1(C(NC(=O)c2cc(=O)[nH]c(-c3ncccn3)n2)c2ccc(SC(F)(F)F)c(F)c2)CC1. The van der Waals surface area contributed by atoms with Crippen molar-refractivity contribution in [3.63, 3.8) is 0 Å². The number of rotatable bonds is 6. The Balaban J connectivity index is 1.62. The first kappa shape index (κ1) is 22.9. The van der Waals surface area contributed by atoms with Crippen LogP contribution in [0.3, 0.4) is 0 Å². The van der Waals surface area contributed by atoms with Crippen LogP contribution in [-0.2, 0) is 0 Å². The summed E-state index contributed by atoms with van der Waals surface area (Å²) in [4.78, 5) is 39.1. The molecular weight excluding hydrogens is 462 g/mol. The van der Waals surface area contributed by atoms with Crippen LogP contribution in [-0.4, -0.2) is 31.4 Å². The first-order valence-electron chi connectivity index (χ1n) is 9.79.